The summed E-state index contributed by atoms with van der Waals surface area (Å²) in [4.78, 5) is 32.3. The summed E-state index contributed by atoms with van der Waals surface area (Å²) < 4.78 is 16.3. The van der Waals surface area contributed by atoms with E-state index in [9.17, 15) is 14.0 Å². The molecule has 5 rings (SSSR count). The molecule has 1 aliphatic heterocycles. The van der Waals surface area contributed by atoms with Crippen LogP contribution in [0.3, 0.4) is 0 Å². The SMILES string of the molecule is CNC(=O)c1ccc(-c2cn3c(n2)sc2cc(C(=O)NCCCN4CCC(F)CC4)ccc23)cc1. The largest absolute Gasteiger partial charge is 0.355 e. The number of alkyl halides is 1. The molecule has 182 valence electrons. The number of carbonyl (C=O) groups excluding carboxylic acids is 2. The fraction of sp³-hybridized carbons (Fsp3) is 0.346. The molecule has 0 spiro atoms. The minimum absolute atomic E-state index is 0.0858. The number of amides is 2. The average molecular weight is 494 g/mol. The average Bonchev–Trinajstić information content (AvgIpc) is 3.45. The first-order valence-corrected chi connectivity index (χ1v) is 12.7. The summed E-state index contributed by atoms with van der Waals surface area (Å²) in [6.45, 7) is 3.08. The fourth-order valence-corrected chi connectivity index (χ4v) is 5.50. The Balaban J connectivity index is 1.23. The van der Waals surface area contributed by atoms with Gasteiger partial charge in [0.05, 0.1) is 15.9 Å². The lowest BCUT2D eigenvalue weighted by atomic mass is 10.1. The van der Waals surface area contributed by atoms with Crippen LogP contribution in [-0.4, -0.2) is 65.5 Å². The molecule has 0 saturated carbocycles. The molecule has 0 unspecified atom stereocenters. The van der Waals surface area contributed by atoms with E-state index < -0.39 is 6.17 Å². The summed E-state index contributed by atoms with van der Waals surface area (Å²) in [7, 11) is 1.61. The molecule has 2 amide bonds. The van der Waals surface area contributed by atoms with Crippen molar-refractivity contribution in [3.63, 3.8) is 0 Å². The molecule has 0 atom stereocenters. The van der Waals surface area contributed by atoms with Gasteiger partial charge in [-0.15, -0.1) is 0 Å². The Labute approximate surface area is 207 Å². The van der Waals surface area contributed by atoms with Crippen molar-refractivity contribution in [2.75, 3.05) is 33.2 Å². The monoisotopic (exact) mass is 493 g/mol. The lowest BCUT2D eigenvalue weighted by Crippen LogP contribution is -2.36. The second-order valence-electron chi connectivity index (χ2n) is 8.85. The van der Waals surface area contributed by atoms with Crippen molar-refractivity contribution in [3.8, 4) is 11.3 Å². The van der Waals surface area contributed by atoms with Crippen LogP contribution in [0, 0.1) is 0 Å². The number of nitrogens with one attached hydrogen (secondary N) is 2. The van der Waals surface area contributed by atoms with Crippen molar-refractivity contribution in [3.05, 3.63) is 59.8 Å². The van der Waals surface area contributed by atoms with Gasteiger partial charge in [0, 0.05) is 49.6 Å². The Hall–Kier alpha value is -3.30. The van der Waals surface area contributed by atoms with Crippen LogP contribution in [0.5, 0.6) is 0 Å². The number of benzene rings is 2. The zero-order valence-electron chi connectivity index (χ0n) is 19.6. The molecular formula is C26H28FN5O2S. The molecule has 2 aromatic carbocycles. The van der Waals surface area contributed by atoms with E-state index >= 15 is 0 Å². The predicted octanol–water partition coefficient (Wildman–Crippen LogP) is 4.13. The maximum atomic E-state index is 13.2. The van der Waals surface area contributed by atoms with Crippen molar-refractivity contribution in [2.24, 2.45) is 0 Å². The van der Waals surface area contributed by atoms with Crippen LogP contribution in [0.2, 0.25) is 0 Å². The van der Waals surface area contributed by atoms with Gasteiger partial charge in [0.1, 0.15) is 6.17 Å². The second-order valence-corrected chi connectivity index (χ2v) is 9.85. The zero-order chi connectivity index (χ0) is 24.4. The van der Waals surface area contributed by atoms with Gasteiger partial charge in [-0.05, 0) is 56.1 Å². The highest BCUT2D eigenvalue weighted by Crippen LogP contribution is 2.30. The third-order valence-corrected chi connectivity index (χ3v) is 7.50. The second kappa shape index (κ2) is 10.1. The normalized spacial score (nSPS) is 15.0. The molecule has 0 radical (unpaired) electrons. The van der Waals surface area contributed by atoms with Crippen molar-refractivity contribution in [1.29, 1.82) is 0 Å². The number of rotatable bonds is 7. The number of halogens is 1. The summed E-state index contributed by atoms with van der Waals surface area (Å²) in [5.41, 5.74) is 4.00. The first-order valence-electron chi connectivity index (χ1n) is 11.9. The molecule has 7 nitrogen and oxygen atoms in total. The number of fused-ring (bicyclic) bond motifs is 3. The van der Waals surface area contributed by atoms with Crippen molar-refractivity contribution >= 4 is 38.3 Å². The van der Waals surface area contributed by atoms with Gasteiger partial charge in [-0.3, -0.25) is 14.0 Å². The lowest BCUT2D eigenvalue weighted by Gasteiger charge is -2.28. The Bertz CT molecular complexity index is 1360. The van der Waals surface area contributed by atoms with E-state index in [2.05, 4.69) is 15.5 Å². The summed E-state index contributed by atoms with van der Waals surface area (Å²) in [5.74, 6) is -0.205. The van der Waals surface area contributed by atoms with Gasteiger partial charge in [0.2, 0.25) is 0 Å². The highest BCUT2D eigenvalue weighted by molar-refractivity contribution is 7.23. The topological polar surface area (TPSA) is 78.7 Å². The molecule has 3 heterocycles. The van der Waals surface area contributed by atoms with Gasteiger partial charge in [-0.1, -0.05) is 23.5 Å². The van der Waals surface area contributed by atoms with E-state index in [1.54, 1.807) is 19.2 Å². The molecule has 1 fully saturated rings. The Morgan fingerprint density at radius 2 is 1.83 bits per heavy atom. The van der Waals surface area contributed by atoms with E-state index in [1.807, 2.05) is 40.9 Å². The fourth-order valence-electron chi connectivity index (χ4n) is 4.45. The van der Waals surface area contributed by atoms with Crippen LogP contribution in [0.25, 0.3) is 26.4 Å². The summed E-state index contributed by atoms with van der Waals surface area (Å²) in [6.07, 6.45) is 3.40. The molecule has 1 aliphatic rings. The van der Waals surface area contributed by atoms with Gasteiger partial charge < -0.3 is 15.5 Å². The van der Waals surface area contributed by atoms with Crippen molar-refractivity contribution < 1.29 is 14.0 Å². The summed E-state index contributed by atoms with van der Waals surface area (Å²) in [6, 6.07) is 13.1. The molecule has 2 aromatic heterocycles. The Morgan fingerprint density at radius 1 is 1.09 bits per heavy atom. The number of hydrogen-bond donors (Lipinski definition) is 2. The maximum Gasteiger partial charge on any atom is 0.251 e. The quantitative estimate of drug-likeness (QED) is 0.380. The minimum atomic E-state index is -0.658. The third kappa shape index (κ3) is 5.06. The van der Waals surface area contributed by atoms with Crippen LogP contribution < -0.4 is 10.6 Å². The minimum Gasteiger partial charge on any atom is -0.355 e. The number of carbonyl (C=O) groups is 2. The maximum absolute atomic E-state index is 13.2. The van der Waals surface area contributed by atoms with Crippen LogP contribution in [-0.2, 0) is 0 Å². The van der Waals surface area contributed by atoms with Crippen LogP contribution >= 0.6 is 11.3 Å². The number of aromatic nitrogens is 2. The number of hydrogen-bond acceptors (Lipinski definition) is 5. The molecule has 35 heavy (non-hydrogen) atoms. The highest BCUT2D eigenvalue weighted by Gasteiger charge is 2.18. The molecular weight excluding hydrogens is 465 g/mol. The Morgan fingerprint density at radius 3 is 2.57 bits per heavy atom. The number of likely N-dealkylation sites (tertiary alicyclic amines) is 1. The van der Waals surface area contributed by atoms with Gasteiger partial charge in [-0.2, -0.15) is 0 Å². The summed E-state index contributed by atoms with van der Waals surface area (Å²) >= 11 is 1.54. The highest BCUT2D eigenvalue weighted by atomic mass is 32.1. The molecule has 0 aliphatic carbocycles. The Kier molecular flexibility index (Phi) is 6.79. The van der Waals surface area contributed by atoms with Crippen LogP contribution in [0.4, 0.5) is 4.39 Å². The van der Waals surface area contributed by atoms with Gasteiger partial charge in [-0.25, -0.2) is 9.37 Å². The van der Waals surface area contributed by atoms with E-state index in [0.29, 0.717) is 30.5 Å². The van der Waals surface area contributed by atoms with E-state index in [-0.39, 0.29) is 11.8 Å². The third-order valence-electron chi connectivity index (χ3n) is 6.48. The predicted molar refractivity (Wildman–Crippen MR) is 137 cm³/mol. The summed E-state index contributed by atoms with van der Waals surface area (Å²) in [5, 5.41) is 5.62. The smallest absolute Gasteiger partial charge is 0.251 e. The molecule has 2 N–H and O–H groups in total. The van der Waals surface area contributed by atoms with Crippen LogP contribution in [0.1, 0.15) is 40.0 Å². The van der Waals surface area contributed by atoms with Gasteiger partial charge in [0.25, 0.3) is 11.8 Å². The van der Waals surface area contributed by atoms with Gasteiger partial charge in [0.15, 0.2) is 4.96 Å². The number of imidazole rings is 1. The van der Waals surface area contributed by atoms with Crippen LogP contribution in [0.15, 0.2) is 48.7 Å². The standard InChI is InChI=1S/C26H28FN5O2S/c1-28-24(33)18-5-3-17(4-6-18)21-16-32-22-8-7-19(15-23(22)35-26(32)30-21)25(34)29-11-2-12-31-13-9-20(27)10-14-31/h3-8,15-16,20H,2,9-14H2,1H3,(H,28,33)(H,29,34). The molecule has 4 aromatic rings. The van der Waals surface area contributed by atoms with Crippen molar-refractivity contribution in [1.82, 2.24) is 24.9 Å². The molecule has 9 heteroatoms. The molecule has 1 saturated heterocycles. The van der Waals surface area contributed by atoms with Crippen molar-refractivity contribution in [2.45, 2.75) is 25.4 Å². The molecule has 0 bridgehead atoms. The lowest BCUT2D eigenvalue weighted by molar-refractivity contribution is 0.0946. The number of piperidine rings is 1. The number of nitrogens with zero attached hydrogens (tertiary/aromatic N) is 3. The van der Waals surface area contributed by atoms with Gasteiger partial charge >= 0.3 is 0 Å². The first kappa shape index (κ1) is 23.4. The zero-order valence-corrected chi connectivity index (χ0v) is 20.4. The number of thiazole rings is 1. The van der Waals surface area contributed by atoms with E-state index in [1.165, 1.54) is 11.3 Å². The van der Waals surface area contributed by atoms with E-state index in [0.717, 1.165) is 52.5 Å². The van der Waals surface area contributed by atoms with E-state index in [4.69, 9.17) is 4.98 Å². The first-order chi connectivity index (χ1) is 17.0.